The molecule has 0 radical (unpaired) electrons. The van der Waals surface area contributed by atoms with Gasteiger partial charge in [0.1, 0.15) is 13.2 Å². The molecule has 0 N–H and O–H groups in total. The lowest BCUT2D eigenvalue weighted by Gasteiger charge is -2.18. The van der Waals surface area contributed by atoms with Crippen LogP contribution in [0.5, 0.6) is 11.5 Å². The van der Waals surface area contributed by atoms with Crippen molar-refractivity contribution in [3.63, 3.8) is 0 Å². The number of ether oxygens (including phenoxy) is 2. The van der Waals surface area contributed by atoms with Gasteiger partial charge in [-0.05, 0) is 18.2 Å². The molecule has 0 bridgehead atoms. The Bertz CT molecular complexity index is 465. The molecular formula is C11H9NO3. The van der Waals surface area contributed by atoms with Gasteiger partial charge in [0.15, 0.2) is 17.3 Å². The maximum atomic E-state index is 5.48. The predicted molar refractivity (Wildman–Crippen MR) is 52.9 cm³/mol. The van der Waals surface area contributed by atoms with Crippen LogP contribution in [0, 0.1) is 0 Å². The summed E-state index contributed by atoms with van der Waals surface area (Å²) < 4.78 is 16.0. The number of nitrogens with zero attached hydrogens (tertiary/aromatic N) is 1. The van der Waals surface area contributed by atoms with Gasteiger partial charge in [0, 0.05) is 11.6 Å². The second-order valence-corrected chi connectivity index (χ2v) is 3.24. The van der Waals surface area contributed by atoms with Crippen LogP contribution in [0.3, 0.4) is 0 Å². The first-order chi connectivity index (χ1) is 7.43. The highest BCUT2D eigenvalue weighted by atomic mass is 16.6. The van der Waals surface area contributed by atoms with Crippen LogP contribution < -0.4 is 9.47 Å². The molecule has 4 nitrogen and oxygen atoms in total. The summed E-state index contributed by atoms with van der Waals surface area (Å²) in [5.41, 5.74) is 0.941. The first-order valence-corrected chi connectivity index (χ1v) is 4.74. The molecule has 1 aromatic heterocycles. The molecule has 2 heterocycles. The molecule has 0 unspecified atom stereocenters. The molecule has 0 spiro atoms. The van der Waals surface area contributed by atoms with Crippen molar-refractivity contribution < 1.29 is 14.0 Å². The van der Waals surface area contributed by atoms with Crippen molar-refractivity contribution in [2.24, 2.45) is 0 Å². The zero-order chi connectivity index (χ0) is 10.1. The highest BCUT2D eigenvalue weighted by molar-refractivity contribution is 5.62. The lowest BCUT2D eigenvalue weighted by molar-refractivity contribution is 0.171. The molecule has 1 aromatic carbocycles. The number of aromatic nitrogens is 1. The Morgan fingerprint density at radius 2 is 1.87 bits per heavy atom. The minimum absolute atomic E-state index is 0.590. The van der Waals surface area contributed by atoms with Crippen LogP contribution in [0.15, 0.2) is 35.0 Å². The van der Waals surface area contributed by atoms with Gasteiger partial charge in [-0.1, -0.05) is 5.16 Å². The van der Waals surface area contributed by atoms with Gasteiger partial charge in [-0.15, -0.1) is 0 Å². The van der Waals surface area contributed by atoms with Gasteiger partial charge in [-0.25, -0.2) is 0 Å². The zero-order valence-corrected chi connectivity index (χ0v) is 7.97. The van der Waals surface area contributed by atoms with Crippen LogP contribution in [-0.4, -0.2) is 18.4 Å². The predicted octanol–water partition coefficient (Wildman–Crippen LogP) is 2.11. The summed E-state index contributed by atoms with van der Waals surface area (Å²) in [5, 5.41) is 3.66. The quantitative estimate of drug-likeness (QED) is 0.712. The Hall–Kier alpha value is -1.97. The van der Waals surface area contributed by atoms with E-state index in [-0.39, 0.29) is 0 Å². The van der Waals surface area contributed by atoms with Crippen molar-refractivity contribution in [1.82, 2.24) is 5.16 Å². The molecule has 1 aliphatic heterocycles. The number of fused-ring (bicyclic) bond motifs is 1. The molecule has 0 fully saturated rings. The number of benzene rings is 1. The minimum Gasteiger partial charge on any atom is -0.486 e. The molecule has 0 saturated heterocycles. The van der Waals surface area contributed by atoms with E-state index in [0.29, 0.717) is 13.2 Å². The van der Waals surface area contributed by atoms with Crippen molar-refractivity contribution in [2.45, 2.75) is 0 Å². The summed E-state index contributed by atoms with van der Waals surface area (Å²) >= 11 is 0. The third-order valence-corrected chi connectivity index (χ3v) is 2.26. The SMILES string of the molecule is c1cc(-c2ccc3c(c2)OCCO3)on1. The molecule has 1 aliphatic rings. The Morgan fingerprint density at radius 3 is 2.67 bits per heavy atom. The summed E-state index contributed by atoms with van der Waals surface area (Å²) in [4.78, 5) is 0. The van der Waals surface area contributed by atoms with Crippen LogP contribution in [0.25, 0.3) is 11.3 Å². The van der Waals surface area contributed by atoms with Gasteiger partial charge in [0.2, 0.25) is 0 Å². The van der Waals surface area contributed by atoms with Gasteiger partial charge in [-0.3, -0.25) is 0 Å². The van der Waals surface area contributed by atoms with Gasteiger partial charge in [-0.2, -0.15) is 0 Å². The van der Waals surface area contributed by atoms with E-state index in [1.54, 1.807) is 6.20 Å². The molecule has 2 aromatic rings. The van der Waals surface area contributed by atoms with E-state index >= 15 is 0 Å². The molecule has 76 valence electrons. The van der Waals surface area contributed by atoms with Crippen LogP contribution in [0.2, 0.25) is 0 Å². The highest BCUT2D eigenvalue weighted by Crippen LogP contribution is 2.34. The van der Waals surface area contributed by atoms with Crippen LogP contribution >= 0.6 is 0 Å². The fourth-order valence-electron chi connectivity index (χ4n) is 1.56. The van der Waals surface area contributed by atoms with Crippen molar-refractivity contribution in [2.75, 3.05) is 13.2 Å². The van der Waals surface area contributed by atoms with E-state index in [1.165, 1.54) is 0 Å². The summed E-state index contributed by atoms with van der Waals surface area (Å²) in [5.74, 6) is 2.27. The first-order valence-electron chi connectivity index (χ1n) is 4.74. The number of hydrogen-bond acceptors (Lipinski definition) is 4. The maximum absolute atomic E-state index is 5.48. The van der Waals surface area contributed by atoms with Crippen molar-refractivity contribution in [3.05, 3.63) is 30.5 Å². The average molecular weight is 203 g/mol. The summed E-state index contributed by atoms with van der Waals surface area (Å²) in [6.45, 7) is 1.20. The van der Waals surface area contributed by atoms with Crippen molar-refractivity contribution >= 4 is 0 Å². The third kappa shape index (κ3) is 1.44. The van der Waals surface area contributed by atoms with Crippen molar-refractivity contribution in [1.29, 1.82) is 0 Å². The summed E-state index contributed by atoms with van der Waals surface area (Å²) in [7, 11) is 0. The molecule has 15 heavy (non-hydrogen) atoms. The molecule has 0 saturated carbocycles. The van der Waals surface area contributed by atoms with E-state index in [4.69, 9.17) is 14.0 Å². The second kappa shape index (κ2) is 3.31. The second-order valence-electron chi connectivity index (χ2n) is 3.24. The van der Waals surface area contributed by atoms with Gasteiger partial charge < -0.3 is 14.0 Å². The fraction of sp³-hybridized carbons (Fsp3) is 0.182. The summed E-state index contributed by atoms with van der Waals surface area (Å²) in [6, 6.07) is 7.51. The first kappa shape index (κ1) is 8.35. The fourth-order valence-corrected chi connectivity index (χ4v) is 1.56. The van der Waals surface area contributed by atoms with Gasteiger partial charge in [0.05, 0.1) is 6.20 Å². The molecule has 3 rings (SSSR count). The van der Waals surface area contributed by atoms with Crippen LogP contribution in [-0.2, 0) is 0 Å². The third-order valence-electron chi connectivity index (χ3n) is 2.26. The Labute approximate surface area is 86.4 Å². The Balaban J connectivity index is 2.04. The summed E-state index contributed by atoms with van der Waals surface area (Å²) in [6.07, 6.45) is 1.62. The van der Waals surface area contributed by atoms with Crippen LogP contribution in [0.4, 0.5) is 0 Å². The maximum Gasteiger partial charge on any atom is 0.166 e. The highest BCUT2D eigenvalue weighted by Gasteiger charge is 2.13. The smallest absolute Gasteiger partial charge is 0.166 e. The van der Waals surface area contributed by atoms with Crippen molar-refractivity contribution in [3.8, 4) is 22.8 Å². The normalized spacial score (nSPS) is 13.9. The van der Waals surface area contributed by atoms with Crippen LogP contribution in [0.1, 0.15) is 0 Å². The number of rotatable bonds is 1. The monoisotopic (exact) mass is 203 g/mol. The molecule has 0 aliphatic carbocycles. The molecule has 4 heteroatoms. The minimum atomic E-state index is 0.590. The topological polar surface area (TPSA) is 44.5 Å². The van der Waals surface area contributed by atoms with E-state index in [1.807, 2.05) is 24.3 Å². The van der Waals surface area contributed by atoms with E-state index in [9.17, 15) is 0 Å². The molecule has 0 atom stereocenters. The Kier molecular flexibility index (Phi) is 1.84. The Morgan fingerprint density at radius 1 is 1.00 bits per heavy atom. The largest absolute Gasteiger partial charge is 0.486 e. The van der Waals surface area contributed by atoms with Gasteiger partial charge >= 0.3 is 0 Å². The number of hydrogen-bond donors (Lipinski definition) is 0. The lowest BCUT2D eigenvalue weighted by Crippen LogP contribution is -2.15. The molecular weight excluding hydrogens is 194 g/mol. The van der Waals surface area contributed by atoms with Gasteiger partial charge in [0.25, 0.3) is 0 Å². The average Bonchev–Trinajstić information content (AvgIpc) is 2.82. The van der Waals surface area contributed by atoms with E-state index < -0.39 is 0 Å². The zero-order valence-electron chi connectivity index (χ0n) is 7.97. The van der Waals surface area contributed by atoms with E-state index in [2.05, 4.69) is 5.16 Å². The standard InChI is InChI=1S/C11H9NO3/c1-2-10-11(14-6-5-13-10)7-8(1)9-3-4-12-15-9/h1-4,7H,5-6H2. The lowest BCUT2D eigenvalue weighted by atomic mass is 10.1. The van der Waals surface area contributed by atoms with E-state index in [0.717, 1.165) is 22.8 Å². The molecule has 0 amide bonds.